The van der Waals surface area contributed by atoms with Crippen molar-refractivity contribution in [2.24, 2.45) is 23.7 Å². The van der Waals surface area contributed by atoms with Crippen LogP contribution in [0, 0.1) is 23.7 Å². The smallest absolute Gasteiger partial charge is 0.227 e. The van der Waals surface area contributed by atoms with Gasteiger partial charge in [-0.2, -0.15) is 0 Å². The number of morpholine rings is 2. The van der Waals surface area contributed by atoms with Crippen LogP contribution in [0.2, 0.25) is 0 Å². The summed E-state index contributed by atoms with van der Waals surface area (Å²) in [5.41, 5.74) is 0. The Labute approximate surface area is 142 Å². The minimum absolute atomic E-state index is 0.156. The first kappa shape index (κ1) is 16.1. The van der Waals surface area contributed by atoms with E-state index in [1.807, 2.05) is 9.80 Å². The SMILES string of the molecule is O=C([C@@H]1[C@H](C(=O)N2CCOCC2)[C@@H]2C=C[C@H]1CC2)N1CCOCC1. The number of nitrogens with zero attached hydrogens (tertiary/aromatic N) is 2. The van der Waals surface area contributed by atoms with Crippen molar-refractivity contribution >= 4 is 11.8 Å². The van der Waals surface area contributed by atoms with Crippen molar-refractivity contribution in [3.8, 4) is 0 Å². The molecule has 6 nitrogen and oxygen atoms in total. The molecular weight excluding hydrogens is 308 g/mol. The van der Waals surface area contributed by atoms with Gasteiger partial charge in [0.25, 0.3) is 0 Å². The third-order valence-corrected chi connectivity index (χ3v) is 5.96. The number of rotatable bonds is 2. The maximum absolute atomic E-state index is 13.2. The van der Waals surface area contributed by atoms with Gasteiger partial charge in [0.1, 0.15) is 0 Å². The lowest BCUT2D eigenvalue weighted by molar-refractivity contribution is -0.156. The predicted molar refractivity (Wildman–Crippen MR) is 87.1 cm³/mol. The molecule has 1 saturated carbocycles. The third-order valence-electron chi connectivity index (χ3n) is 5.96. The molecule has 4 atom stereocenters. The topological polar surface area (TPSA) is 59.1 Å². The molecule has 24 heavy (non-hydrogen) atoms. The summed E-state index contributed by atoms with van der Waals surface area (Å²) in [5, 5.41) is 0. The zero-order valence-corrected chi connectivity index (χ0v) is 14.1. The Balaban J connectivity index is 1.56. The van der Waals surface area contributed by atoms with E-state index < -0.39 is 0 Å². The van der Waals surface area contributed by atoms with Gasteiger partial charge in [0.15, 0.2) is 0 Å². The second-order valence-electron chi connectivity index (χ2n) is 7.22. The zero-order valence-electron chi connectivity index (χ0n) is 14.1. The quantitative estimate of drug-likeness (QED) is 0.692. The number of fused-ring (bicyclic) bond motifs is 2. The standard InChI is InChI=1S/C18H26N2O4/c21-17(19-5-9-23-10-6-19)15-13-1-2-14(4-3-13)16(15)18(22)20-7-11-24-12-8-20/h1-2,13-16H,3-12H2/t13-,14+,15-,16+. The van der Waals surface area contributed by atoms with Gasteiger partial charge in [-0.15, -0.1) is 0 Å². The van der Waals surface area contributed by atoms with Gasteiger partial charge in [-0.05, 0) is 24.7 Å². The van der Waals surface area contributed by atoms with E-state index in [9.17, 15) is 9.59 Å². The number of hydrogen-bond acceptors (Lipinski definition) is 4. The lowest BCUT2D eigenvalue weighted by Gasteiger charge is -2.46. The monoisotopic (exact) mass is 334 g/mol. The van der Waals surface area contributed by atoms with Crippen LogP contribution in [0.1, 0.15) is 12.8 Å². The lowest BCUT2D eigenvalue weighted by Crippen LogP contribution is -2.56. The van der Waals surface area contributed by atoms with E-state index in [2.05, 4.69) is 12.2 Å². The third kappa shape index (κ3) is 2.86. The van der Waals surface area contributed by atoms with Crippen LogP contribution < -0.4 is 0 Å². The molecule has 0 unspecified atom stereocenters. The number of ether oxygens (including phenoxy) is 2. The molecule has 3 fully saturated rings. The first-order valence-electron chi connectivity index (χ1n) is 9.17. The van der Waals surface area contributed by atoms with Crippen LogP contribution in [0.5, 0.6) is 0 Å². The summed E-state index contributed by atoms with van der Waals surface area (Å²) >= 11 is 0. The molecule has 2 amide bonds. The van der Waals surface area contributed by atoms with Crippen molar-refractivity contribution in [3.05, 3.63) is 12.2 Å². The van der Waals surface area contributed by atoms with Crippen molar-refractivity contribution in [1.82, 2.24) is 9.80 Å². The maximum atomic E-state index is 13.2. The first-order valence-corrected chi connectivity index (χ1v) is 9.17. The van der Waals surface area contributed by atoms with Gasteiger partial charge in [0, 0.05) is 26.2 Å². The van der Waals surface area contributed by atoms with Crippen LogP contribution in [0.15, 0.2) is 12.2 Å². The normalized spacial score (nSPS) is 36.0. The summed E-state index contributed by atoms with van der Waals surface area (Å²) < 4.78 is 10.7. The van der Waals surface area contributed by atoms with Crippen LogP contribution in [0.4, 0.5) is 0 Å². The second-order valence-corrected chi connectivity index (χ2v) is 7.22. The van der Waals surface area contributed by atoms with Gasteiger partial charge in [-0.3, -0.25) is 9.59 Å². The first-order chi connectivity index (χ1) is 11.8. The summed E-state index contributed by atoms with van der Waals surface area (Å²) in [6.07, 6.45) is 6.41. The van der Waals surface area contributed by atoms with E-state index in [4.69, 9.17) is 9.47 Å². The molecule has 5 aliphatic rings. The molecule has 2 saturated heterocycles. The molecule has 0 aromatic heterocycles. The largest absolute Gasteiger partial charge is 0.378 e. The Kier molecular flexibility index (Phi) is 4.59. The van der Waals surface area contributed by atoms with Crippen molar-refractivity contribution in [2.75, 3.05) is 52.6 Å². The van der Waals surface area contributed by atoms with Crippen LogP contribution in [-0.2, 0) is 19.1 Å². The van der Waals surface area contributed by atoms with E-state index >= 15 is 0 Å². The van der Waals surface area contributed by atoms with Crippen molar-refractivity contribution in [1.29, 1.82) is 0 Å². The zero-order chi connectivity index (χ0) is 16.5. The molecule has 0 aromatic carbocycles. The van der Waals surface area contributed by atoms with Gasteiger partial charge in [0.2, 0.25) is 11.8 Å². The highest BCUT2D eigenvalue weighted by Crippen LogP contribution is 2.46. The van der Waals surface area contributed by atoms with Crippen LogP contribution in [-0.4, -0.2) is 74.2 Å². The van der Waals surface area contributed by atoms with E-state index in [1.165, 1.54) is 0 Å². The minimum Gasteiger partial charge on any atom is -0.378 e. The lowest BCUT2D eigenvalue weighted by atomic mass is 9.61. The Hall–Kier alpha value is -1.40. The second kappa shape index (κ2) is 6.84. The van der Waals surface area contributed by atoms with E-state index in [-0.39, 0.29) is 35.5 Å². The van der Waals surface area contributed by atoms with E-state index in [1.54, 1.807) is 0 Å². The van der Waals surface area contributed by atoms with Gasteiger partial charge in [0.05, 0.1) is 38.3 Å². The van der Waals surface area contributed by atoms with E-state index in [0.29, 0.717) is 52.6 Å². The summed E-state index contributed by atoms with van der Waals surface area (Å²) in [6.45, 7) is 5.00. The number of carbonyl (C=O) groups is 2. The molecule has 0 aromatic rings. The summed E-state index contributed by atoms with van der Waals surface area (Å²) in [6, 6.07) is 0. The molecule has 2 aliphatic heterocycles. The Morgan fingerprint density at radius 3 is 1.42 bits per heavy atom. The summed E-state index contributed by atoms with van der Waals surface area (Å²) in [7, 11) is 0. The number of hydrogen-bond donors (Lipinski definition) is 0. The van der Waals surface area contributed by atoms with Crippen molar-refractivity contribution < 1.29 is 19.1 Å². The van der Waals surface area contributed by atoms with E-state index in [0.717, 1.165) is 12.8 Å². The molecule has 5 rings (SSSR count). The molecular formula is C18H26N2O4. The van der Waals surface area contributed by atoms with Crippen LogP contribution >= 0.6 is 0 Å². The Bertz CT molecular complexity index is 477. The van der Waals surface area contributed by atoms with Crippen LogP contribution in [0.25, 0.3) is 0 Å². The number of amides is 2. The highest BCUT2D eigenvalue weighted by atomic mass is 16.5. The molecule has 132 valence electrons. The molecule has 0 radical (unpaired) electrons. The molecule has 2 heterocycles. The minimum atomic E-state index is -0.192. The number of carbonyl (C=O) groups excluding carboxylic acids is 2. The van der Waals surface area contributed by atoms with Gasteiger partial charge in [-0.1, -0.05) is 12.2 Å². The van der Waals surface area contributed by atoms with Crippen molar-refractivity contribution in [2.45, 2.75) is 12.8 Å². The summed E-state index contributed by atoms with van der Waals surface area (Å²) in [4.78, 5) is 30.2. The number of allylic oxidation sites excluding steroid dienone is 2. The fraction of sp³-hybridized carbons (Fsp3) is 0.778. The highest BCUT2D eigenvalue weighted by molar-refractivity contribution is 5.89. The molecule has 2 bridgehead atoms. The van der Waals surface area contributed by atoms with Crippen LogP contribution in [0.3, 0.4) is 0 Å². The average Bonchev–Trinajstić information content (AvgIpc) is 2.68. The maximum Gasteiger partial charge on any atom is 0.227 e. The van der Waals surface area contributed by atoms with Crippen molar-refractivity contribution in [3.63, 3.8) is 0 Å². The van der Waals surface area contributed by atoms with Gasteiger partial charge < -0.3 is 19.3 Å². The summed E-state index contributed by atoms with van der Waals surface area (Å²) in [5.74, 6) is 0.345. The molecule has 0 N–H and O–H groups in total. The molecule has 6 heteroatoms. The Morgan fingerprint density at radius 2 is 1.08 bits per heavy atom. The molecule has 3 aliphatic carbocycles. The predicted octanol–water partition coefficient (Wildman–Crippen LogP) is 0.532. The fourth-order valence-electron chi connectivity index (χ4n) is 4.66. The molecule has 0 spiro atoms. The average molecular weight is 334 g/mol. The fourth-order valence-corrected chi connectivity index (χ4v) is 4.66. The highest BCUT2D eigenvalue weighted by Gasteiger charge is 2.50. The van der Waals surface area contributed by atoms with Gasteiger partial charge >= 0.3 is 0 Å². The van der Waals surface area contributed by atoms with Gasteiger partial charge in [-0.25, -0.2) is 0 Å². The Morgan fingerprint density at radius 1 is 0.708 bits per heavy atom.